The van der Waals surface area contributed by atoms with Crippen LogP contribution in [0.15, 0.2) is 18.2 Å². The third-order valence-electron chi connectivity index (χ3n) is 1.93. The molecule has 0 heterocycles. The van der Waals surface area contributed by atoms with Crippen molar-refractivity contribution in [2.24, 2.45) is 0 Å². The van der Waals surface area contributed by atoms with Crippen molar-refractivity contribution in [3.8, 4) is 5.75 Å². The summed E-state index contributed by atoms with van der Waals surface area (Å²) in [5.41, 5.74) is -1.51. The van der Waals surface area contributed by atoms with Crippen molar-refractivity contribution in [2.45, 2.75) is 12.6 Å². The molecule has 0 amide bonds. The molecule has 1 aromatic carbocycles. The van der Waals surface area contributed by atoms with Gasteiger partial charge in [0, 0.05) is 17.3 Å². The molecule has 88 valence electrons. The molecule has 1 aromatic rings. The van der Waals surface area contributed by atoms with E-state index in [2.05, 4.69) is 15.9 Å². The molecule has 0 bridgehead atoms. The molecule has 0 radical (unpaired) electrons. The minimum Gasteiger partial charge on any atom is -0.508 e. The van der Waals surface area contributed by atoms with Gasteiger partial charge in [-0.1, -0.05) is 15.9 Å². The molecule has 0 saturated carbocycles. The van der Waals surface area contributed by atoms with Gasteiger partial charge in [0.1, 0.15) is 5.75 Å². The average Bonchev–Trinajstić information content (AvgIpc) is 2.16. The lowest BCUT2D eigenvalue weighted by Gasteiger charge is -2.11. The fourth-order valence-electron chi connectivity index (χ4n) is 1.23. The lowest BCUT2D eigenvalue weighted by atomic mass is 10.0. The number of aromatic hydroxyl groups is 1. The Bertz CT molecular complexity index is 402. The molecular weight excluding hydrogens is 289 g/mol. The molecule has 0 aliphatic carbocycles. The minimum atomic E-state index is -4.59. The molecule has 0 aliphatic heterocycles. The third-order valence-corrected chi connectivity index (χ3v) is 2.33. The van der Waals surface area contributed by atoms with Crippen LogP contribution in [0, 0.1) is 0 Å². The number of benzene rings is 1. The number of carbonyl (C=O) groups excluding carboxylic acids is 1. The Balaban J connectivity index is 3.24. The first-order valence-corrected chi connectivity index (χ1v) is 5.47. The second-order valence-corrected chi connectivity index (χ2v) is 3.88. The van der Waals surface area contributed by atoms with Gasteiger partial charge in [0.2, 0.25) is 0 Å². The number of rotatable bonds is 3. The Kier molecular flexibility index (Phi) is 3.96. The highest BCUT2D eigenvalue weighted by molar-refractivity contribution is 9.09. The van der Waals surface area contributed by atoms with Crippen LogP contribution in [0.5, 0.6) is 5.75 Å². The lowest BCUT2D eigenvalue weighted by molar-refractivity contribution is -0.137. The molecule has 0 aromatic heterocycles. The molecule has 1 rings (SSSR count). The first-order valence-electron chi connectivity index (χ1n) is 4.35. The fourth-order valence-corrected chi connectivity index (χ4v) is 1.59. The lowest BCUT2D eigenvalue weighted by Crippen LogP contribution is -2.13. The second-order valence-electron chi connectivity index (χ2n) is 3.09. The molecule has 0 spiro atoms. The topological polar surface area (TPSA) is 37.3 Å². The Morgan fingerprint density at radius 3 is 2.50 bits per heavy atom. The number of carbonyl (C=O) groups is 1. The summed E-state index contributed by atoms with van der Waals surface area (Å²) in [4.78, 5) is 11.4. The van der Waals surface area contributed by atoms with Crippen LogP contribution in [0.2, 0.25) is 0 Å². The normalized spacial score (nSPS) is 11.5. The van der Waals surface area contributed by atoms with Crippen LogP contribution in [0.25, 0.3) is 0 Å². The van der Waals surface area contributed by atoms with Crippen LogP contribution in [0.4, 0.5) is 13.2 Å². The first-order chi connectivity index (χ1) is 7.36. The van der Waals surface area contributed by atoms with E-state index in [9.17, 15) is 18.0 Å². The van der Waals surface area contributed by atoms with E-state index in [4.69, 9.17) is 5.11 Å². The van der Waals surface area contributed by atoms with Gasteiger partial charge in [0.25, 0.3) is 0 Å². The summed E-state index contributed by atoms with van der Waals surface area (Å²) < 4.78 is 37.6. The van der Waals surface area contributed by atoms with Crippen molar-refractivity contribution in [3.63, 3.8) is 0 Å². The Hall–Kier alpha value is -1.04. The van der Waals surface area contributed by atoms with Gasteiger partial charge in [0.05, 0.1) is 5.56 Å². The minimum absolute atomic E-state index is 0.0491. The Morgan fingerprint density at radius 2 is 2.00 bits per heavy atom. The zero-order valence-corrected chi connectivity index (χ0v) is 9.60. The summed E-state index contributed by atoms with van der Waals surface area (Å²) in [7, 11) is 0. The van der Waals surface area contributed by atoms with Crippen LogP contribution in [0.3, 0.4) is 0 Å². The molecule has 2 nitrogen and oxygen atoms in total. The van der Waals surface area contributed by atoms with Crippen molar-refractivity contribution in [3.05, 3.63) is 29.3 Å². The van der Waals surface area contributed by atoms with Crippen molar-refractivity contribution in [1.82, 2.24) is 0 Å². The predicted octanol–water partition coefficient (Wildman–Crippen LogP) is 3.38. The van der Waals surface area contributed by atoms with E-state index in [1.165, 1.54) is 0 Å². The van der Waals surface area contributed by atoms with Gasteiger partial charge in [-0.15, -0.1) is 0 Å². The van der Waals surface area contributed by atoms with Crippen LogP contribution in [0.1, 0.15) is 22.3 Å². The monoisotopic (exact) mass is 296 g/mol. The summed E-state index contributed by atoms with van der Waals surface area (Å²) in [5, 5.41) is 9.37. The van der Waals surface area contributed by atoms with E-state index in [0.717, 1.165) is 12.1 Å². The van der Waals surface area contributed by atoms with Gasteiger partial charge in [-0.3, -0.25) is 4.79 Å². The molecule has 0 saturated heterocycles. The number of hydrogen-bond donors (Lipinski definition) is 1. The van der Waals surface area contributed by atoms with Crippen LogP contribution in [-0.4, -0.2) is 16.2 Å². The average molecular weight is 297 g/mol. The summed E-state index contributed by atoms with van der Waals surface area (Å²) in [6, 6.07) is 2.46. The van der Waals surface area contributed by atoms with Crippen LogP contribution < -0.4 is 0 Å². The number of Topliss-reactive ketones (excluding diaryl/α,β-unsaturated/α-hetero) is 1. The number of halogens is 4. The zero-order valence-electron chi connectivity index (χ0n) is 8.01. The summed E-state index contributed by atoms with van der Waals surface area (Å²) in [5.74, 6) is -1.01. The molecular formula is C10H8BrF3O2. The number of phenols is 1. The first kappa shape index (κ1) is 13.0. The maximum Gasteiger partial charge on any atom is 0.417 e. The molecule has 0 unspecified atom stereocenters. The SMILES string of the molecule is O=C(CCBr)c1cc(O)ccc1C(F)(F)F. The number of alkyl halides is 4. The van der Waals surface area contributed by atoms with Gasteiger partial charge >= 0.3 is 6.18 Å². The third kappa shape index (κ3) is 2.98. The maximum absolute atomic E-state index is 12.5. The summed E-state index contributed by atoms with van der Waals surface area (Å²) in [6.45, 7) is 0. The molecule has 0 aliphatic rings. The molecule has 6 heteroatoms. The van der Waals surface area contributed by atoms with E-state index in [1.807, 2.05) is 0 Å². The quantitative estimate of drug-likeness (QED) is 0.686. The van der Waals surface area contributed by atoms with E-state index in [-0.39, 0.29) is 17.5 Å². The Morgan fingerprint density at radius 1 is 1.38 bits per heavy atom. The van der Waals surface area contributed by atoms with Gasteiger partial charge in [-0.05, 0) is 18.2 Å². The van der Waals surface area contributed by atoms with Crippen molar-refractivity contribution in [2.75, 3.05) is 5.33 Å². The highest BCUT2D eigenvalue weighted by atomic mass is 79.9. The van der Waals surface area contributed by atoms with E-state index >= 15 is 0 Å². The van der Waals surface area contributed by atoms with E-state index in [0.29, 0.717) is 6.07 Å². The van der Waals surface area contributed by atoms with Gasteiger partial charge in [-0.25, -0.2) is 0 Å². The predicted molar refractivity (Wildman–Crippen MR) is 55.9 cm³/mol. The standard InChI is InChI=1S/C10H8BrF3O2/c11-4-3-9(16)7-5-6(15)1-2-8(7)10(12,13)14/h1-2,5,15H,3-4H2. The van der Waals surface area contributed by atoms with E-state index < -0.39 is 23.1 Å². The molecule has 0 fully saturated rings. The van der Waals surface area contributed by atoms with Crippen molar-refractivity contribution >= 4 is 21.7 Å². The summed E-state index contributed by atoms with van der Waals surface area (Å²) >= 11 is 2.98. The zero-order chi connectivity index (χ0) is 12.3. The number of ketones is 1. The molecule has 1 N–H and O–H groups in total. The largest absolute Gasteiger partial charge is 0.508 e. The second kappa shape index (κ2) is 4.86. The van der Waals surface area contributed by atoms with Gasteiger partial charge in [-0.2, -0.15) is 13.2 Å². The maximum atomic E-state index is 12.5. The number of phenolic OH excluding ortho intramolecular Hbond substituents is 1. The van der Waals surface area contributed by atoms with Crippen LogP contribution in [-0.2, 0) is 6.18 Å². The van der Waals surface area contributed by atoms with Gasteiger partial charge < -0.3 is 5.11 Å². The van der Waals surface area contributed by atoms with Crippen molar-refractivity contribution in [1.29, 1.82) is 0 Å². The smallest absolute Gasteiger partial charge is 0.417 e. The molecule has 0 atom stereocenters. The highest BCUT2D eigenvalue weighted by Crippen LogP contribution is 2.34. The fraction of sp³-hybridized carbons (Fsp3) is 0.300. The summed E-state index contributed by atoms with van der Waals surface area (Å²) in [6.07, 6.45) is -4.64. The molecule has 16 heavy (non-hydrogen) atoms. The highest BCUT2D eigenvalue weighted by Gasteiger charge is 2.34. The van der Waals surface area contributed by atoms with Gasteiger partial charge in [0.15, 0.2) is 5.78 Å². The van der Waals surface area contributed by atoms with Crippen molar-refractivity contribution < 1.29 is 23.1 Å². The number of hydrogen-bond acceptors (Lipinski definition) is 2. The Labute approximate surface area is 98.2 Å². The van der Waals surface area contributed by atoms with E-state index in [1.54, 1.807) is 0 Å². The van der Waals surface area contributed by atoms with Crippen LogP contribution >= 0.6 is 15.9 Å².